The first kappa shape index (κ1) is 30.6. The summed E-state index contributed by atoms with van der Waals surface area (Å²) in [5.41, 5.74) is 6.51. The van der Waals surface area contributed by atoms with E-state index in [-0.39, 0.29) is 11.8 Å². The first-order valence-electron chi connectivity index (χ1n) is 16.9. The van der Waals surface area contributed by atoms with Gasteiger partial charge in [-0.1, -0.05) is 54.1 Å². The molecule has 2 atom stereocenters. The van der Waals surface area contributed by atoms with Crippen molar-refractivity contribution in [3.63, 3.8) is 0 Å². The molecule has 1 N–H and O–H groups in total. The van der Waals surface area contributed by atoms with Gasteiger partial charge in [0, 0.05) is 74.3 Å². The van der Waals surface area contributed by atoms with E-state index in [1.165, 1.54) is 41.9 Å². The molecule has 46 heavy (non-hydrogen) atoms. The summed E-state index contributed by atoms with van der Waals surface area (Å²) in [6, 6.07) is 26.2. The van der Waals surface area contributed by atoms with Crippen molar-refractivity contribution in [3.05, 3.63) is 113 Å². The highest BCUT2D eigenvalue weighted by Gasteiger charge is 2.42. The first-order chi connectivity index (χ1) is 22.4. The Hall–Kier alpha value is -4.01. The van der Waals surface area contributed by atoms with Gasteiger partial charge < -0.3 is 9.88 Å². The van der Waals surface area contributed by atoms with E-state index in [4.69, 9.17) is 4.98 Å². The number of amides is 2. The quantitative estimate of drug-likeness (QED) is 0.211. The average molecular weight is 621 g/mol. The number of carbonyl (C=O) groups is 1. The van der Waals surface area contributed by atoms with E-state index >= 15 is 0 Å². The third-order valence-electron chi connectivity index (χ3n) is 10.2. The first-order valence-corrected chi connectivity index (χ1v) is 16.9. The van der Waals surface area contributed by atoms with Gasteiger partial charge in [-0.05, 0) is 81.8 Å². The summed E-state index contributed by atoms with van der Waals surface area (Å²) in [6.07, 6.45) is 6.63. The molecule has 0 unspecified atom stereocenters. The predicted octanol–water partition coefficient (Wildman–Crippen LogP) is 7.49. The molecule has 240 valence electrons. The lowest BCUT2D eigenvalue weighted by atomic mass is 9.95. The van der Waals surface area contributed by atoms with Crippen LogP contribution in [0.3, 0.4) is 0 Å². The summed E-state index contributed by atoms with van der Waals surface area (Å²) in [4.78, 5) is 25.4. The second-order valence-electron chi connectivity index (χ2n) is 13.4. The Morgan fingerprint density at radius 3 is 2.46 bits per heavy atom. The number of nitrogens with zero attached hydrogens (tertiary/aromatic N) is 5. The molecule has 3 aromatic carbocycles. The summed E-state index contributed by atoms with van der Waals surface area (Å²) < 4.78 is 16.8. The summed E-state index contributed by atoms with van der Waals surface area (Å²) in [5.74, 6) is 0.821. The van der Waals surface area contributed by atoms with Gasteiger partial charge in [0.15, 0.2) is 0 Å². The third-order valence-corrected chi connectivity index (χ3v) is 10.2. The molecule has 0 spiro atoms. The maximum Gasteiger partial charge on any atom is 0.326 e. The van der Waals surface area contributed by atoms with Crippen LogP contribution in [0.1, 0.15) is 66.5 Å². The highest BCUT2D eigenvalue weighted by Crippen LogP contribution is 2.42. The average Bonchev–Trinajstić information content (AvgIpc) is 3.50. The van der Waals surface area contributed by atoms with Crippen LogP contribution in [0.5, 0.6) is 0 Å². The van der Waals surface area contributed by atoms with Crippen molar-refractivity contribution in [2.75, 3.05) is 29.9 Å². The van der Waals surface area contributed by atoms with Gasteiger partial charge in [0.1, 0.15) is 11.6 Å². The van der Waals surface area contributed by atoms with Crippen molar-refractivity contribution in [1.82, 2.24) is 19.4 Å². The summed E-state index contributed by atoms with van der Waals surface area (Å²) in [5, 5.41) is 3.01. The SMILES string of the molecule is Cc1ccc(NC(=O)N(CCCN2[C@@H]3CC[C@@H]2CC(n2c(C)nc4c2CCN(Cc2ccccc2)C4)C3)c2cccc(F)c2)cc1. The molecule has 4 aromatic rings. The van der Waals surface area contributed by atoms with Gasteiger partial charge in [-0.3, -0.25) is 14.7 Å². The van der Waals surface area contributed by atoms with Crippen molar-refractivity contribution in [2.45, 2.75) is 83.6 Å². The Morgan fingerprint density at radius 2 is 1.72 bits per heavy atom. The van der Waals surface area contributed by atoms with Crippen LogP contribution in [-0.2, 0) is 19.5 Å². The molecule has 7 rings (SSSR count). The number of hydrogen-bond acceptors (Lipinski definition) is 4. The number of carbonyl (C=O) groups excluding carboxylic acids is 1. The number of rotatable bonds is 9. The minimum atomic E-state index is -0.341. The Balaban J connectivity index is 0.986. The fourth-order valence-corrected chi connectivity index (χ4v) is 8.11. The number of piperidine rings is 1. The maximum absolute atomic E-state index is 14.2. The van der Waals surface area contributed by atoms with Gasteiger partial charge >= 0.3 is 6.03 Å². The summed E-state index contributed by atoms with van der Waals surface area (Å²) in [6.45, 7) is 8.62. The molecular weight excluding hydrogens is 575 g/mol. The lowest BCUT2D eigenvalue weighted by Gasteiger charge is -2.41. The van der Waals surface area contributed by atoms with Crippen molar-refractivity contribution in [1.29, 1.82) is 0 Å². The molecule has 2 fully saturated rings. The van der Waals surface area contributed by atoms with Crippen LogP contribution in [-0.4, -0.2) is 57.1 Å². The lowest BCUT2D eigenvalue weighted by molar-refractivity contribution is 0.104. The van der Waals surface area contributed by atoms with Gasteiger partial charge in [0.25, 0.3) is 0 Å². The van der Waals surface area contributed by atoms with Crippen LogP contribution in [0.25, 0.3) is 0 Å². The van der Waals surface area contributed by atoms with Gasteiger partial charge in [0.05, 0.1) is 5.69 Å². The van der Waals surface area contributed by atoms with Gasteiger partial charge in [-0.2, -0.15) is 0 Å². The fraction of sp³-hybridized carbons (Fsp3) is 0.421. The van der Waals surface area contributed by atoms with Crippen LogP contribution in [0, 0.1) is 19.7 Å². The molecule has 7 nitrogen and oxygen atoms in total. The van der Waals surface area contributed by atoms with E-state index in [0.717, 1.165) is 68.9 Å². The number of benzene rings is 3. The van der Waals surface area contributed by atoms with Gasteiger partial charge in [0.2, 0.25) is 0 Å². The Kier molecular flexibility index (Phi) is 8.91. The number of aryl methyl sites for hydroxylation is 2. The molecule has 3 aliphatic rings. The van der Waals surface area contributed by atoms with Gasteiger partial charge in [-0.25, -0.2) is 14.2 Å². The van der Waals surface area contributed by atoms with Crippen molar-refractivity contribution in [2.24, 2.45) is 0 Å². The molecule has 0 radical (unpaired) electrons. The molecule has 4 heterocycles. The van der Waals surface area contributed by atoms with Crippen LogP contribution >= 0.6 is 0 Å². The van der Waals surface area contributed by atoms with E-state index in [2.05, 4.69) is 56.9 Å². The minimum Gasteiger partial charge on any atom is -0.329 e. The number of halogens is 1. The van der Waals surface area contributed by atoms with Crippen LogP contribution in [0.2, 0.25) is 0 Å². The van der Waals surface area contributed by atoms with Crippen molar-refractivity contribution in [3.8, 4) is 0 Å². The number of imidazole rings is 1. The molecular formula is C38H45FN6O. The van der Waals surface area contributed by atoms with Crippen LogP contribution in [0.15, 0.2) is 78.9 Å². The van der Waals surface area contributed by atoms with E-state index in [0.29, 0.717) is 30.4 Å². The highest BCUT2D eigenvalue weighted by molar-refractivity contribution is 6.01. The molecule has 2 bridgehead atoms. The van der Waals surface area contributed by atoms with Gasteiger partial charge in [-0.15, -0.1) is 0 Å². The summed E-state index contributed by atoms with van der Waals surface area (Å²) in [7, 11) is 0. The standard InChI is InChI=1S/C38H45FN6O/c1-27-12-14-31(15-13-27)41-38(46)44(32-11-6-10-30(39)22-32)20-7-19-43-33-16-17-34(43)24-35(23-33)45-28(2)40-36-26-42(21-18-37(36)45)25-29-8-4-3-5-9-29/h3-6,8-15,22,33-35H,7,16-21,23-26H2,1-2H3,(H,41,46)/t33-,34-/m1/s1. The number of nitrogens with one attached hydrogen (secondary N) is 1. The number of aromatic nitrogens is 2. The maximum atomic E-state index is 14.2. The topological polar surface area (TPSA) is 56.6 Å². The molecule has 8 heteroatoms. The monoisotopic (exact) mass is 620 g/mol. The summed E-state index contributed by atoms with van der Waals surface area (Å²) >= 11 is 0. The van der Waals surface area contributed by atoms with Crippen LogP contribution in [0.4, 0.5) is 20.6 Å². The number of anilines is 2. The zero-order valence-corrected chi connectivity index (χ0v) is 27.0. The smallest absolute Gasteiger partial charge is 0.326 e. The Bertz CT molecular complexity index is 1640. The Labute approximate surface area is 272 Å². The molecule has 3 aliphatic heterocycles. The predicted molar refractivity (Wildman–Crippen MR) is 182 cm³/mol. The van der Waals surface area contributed by atoms with Crippen LogP contribution < -0.4 is 10.2 Å². The molecule has 2 saturated heterocycles. The van der Waals surface area contributed by atoms with E-state index in [1.807, 2.05) is 37.3 Å². The van der Waals surface area contributed by atoms with E-state index in [9.17, 15) is 9.18 Å². The lowest BCUT2D eigenvalue weighted by Crippen LogP contribution is -2.45. The normalized spacial score (nSPS) is 21.2. The fourth-order valence-electron chi connectivity index (χ4n) is 8.11. The Morgan fingerprint density at radius 1 is 0.957 bits per heavy atom. The van der Waals surface area contributed by atoms with E-state index < -0.39 is 0 Å². The zero-order chi connectivity index (χ0) is 31.6. The number of urea groups is 1. The minimum absolute atomic E-state index is 0.237. The second-order valence-corrected chi connectivity index (χ2v) is 13.4. The molecule has 1 aromatic heterocycles. The highest BCUT2D eigenvalue weighted by atomic mass is 19.1. The van der Waals surface area contributed by atoms with E-state index in [1.54, 1.807) is 11.0 Å². The second kappa shape index (κ2) is 13.4. The molecule has 0 saturated carbocycles. The third kappa shape index (κ3) is 6.60. The van der Waals surface area contributed by atoms with Crippen molar-refractivity contribution >= 4 is 17.4 Å². The molecule has 2 amide bonds. The largest absolute Gasteiger partial charge is 0.329 e. The number of hydrogen-bond donors (Lipinski definition) is 1. The number of fused-ring (bicyclic) bond motifs is 3. The molecule has 0 aliphatic carbocycles. The zero-order valence-electron chi connectivity index (χ0n) is 27.0. The van der Waals surface area contributed by atoms with Crippen molar-refractivity contribution < 1.29 is 9.18 Å².